The first kappa shape index (κ1) is 14.8. The second-order valence-electron chi connectivity index (χ2n) is 6.11. The molecule has 0 amide bonds. The third-order valence-corrected chi connectivity index (χ3v) is 4.74. The Bertz CT molecular complexity index is 597. The van der Waals surface area contributed by atoms with Gasteiger partial charge in [0.2, 0.25) is 0 Å². The van der Waals surface area contributed by atoms with Crippen LogP contribution in [0.3, 0.4) is 0 Å². The lowest BCUT2D eigenvalue weighted by atomic mass is 9.64. The molecule has 22 heavy (non-hydrogen) atoms. The van der Waals surface area contributed by atoms with Crippen molar-refractivity contribution in [2.45, 2.75) is 18.8 Å². The molecular formula is C20H22N2. The van der Waals surface area contributed by atoms with Crippen molar-refractivity contribution >= 4 is 0 Å². The lowest BCUT2D eigenvalue weighted by molar-refractivity contribution is 0.0708. The molecule has 2 heteroatoms. The Morgan fingerprint density at radius 1 is 1.00 bits per heavy atom. The Morgan fingerprint density at radius 3 is 1.91 bits per heavy atom. The summed E-state index contributed by atoms with van der Waals surface area (Å²) >= 11 is 0. The normalized spacial score (nSPS) is 16.0. The zero-order valence-corrected chi connectivity index (χ0v) is 13.1. The third kappa shape index (κ3) is 2.42. The molecule has 1 fully saturated rings. The molecule has 2 nitrogen and oxygen atoms in total. The van der Waals surface area contributed by atoms with Crippen molar-refractivity contribution in [2.75, 3.05) is 19.6 Å². The minimum Gasteiger partial charge on any atom is -0.303 e. The van der Waals surface area contributed by atoms with Crippen molar-refractivity contribution in [3.05, 3.63) is 71.8 Å². The van der Waals surface area contributed by atoms with Crippen LogP contribution in [0.15, 0.2) is 60.7 Å². The van der Waals surface area contributed by atoms with Gasteiger partial charge in [-0.1, -0.05) is 67.6 Å². The zero-order chi connectivity index (χ0) is 15.4. The van der Waals surface area contributed by atoms with Crippen molar-refractivity contribution in [3.8, 4) is 6.07 Å². The van der Waals surface area contributed by atoms with E-state index in [0.29, 0.717) is 5.92 Å². The first-order valence-electron chi connectivity index (χ1n) is 8.06. The Kier molecular flexibility index (Phi) is 4.27. The standard InChI is InChI=1S/C20H22N2/c1-2-13-22-14-19(15-22)20(16-21,17-9-5-3-6-10-17)18-11-7-4-8-12-18/h3-12,19H,2,13-15H2,1H3. The van der Waals surface area contributed by atoms with Gasteiger partial charge >= 0.3 is 0 Å². The van der Waals surface area contributed by atoms with Crippen LogP contribution in [0.2, 0.25) is 0 Å². The highest BCUT2D eigenvalue weighted by molar-refractivity contribution is 5.47. The van der Waals surface area contributed by atoms with Gasteiger partial charge in [-0.05, 0) is 24.1 Å². The maximum absolute atomic E-state index is 10.2. The van der Waals surface area contributed by atoms with Gasteiger partial charge in [0.05, 0.1) is 6.07 Å². The highest BCUT2D eigenvalue weighted by atomic mass is 15.2. The van der Waals surface area contributed by atoms with E-state index in [-0.39, 0.29) is 0 Å². The molecule has 0 aliphatic carbocycles. The fourth-order valence-electron chi connectivity index (χ4n) is 3.60. The Balaban J connectivity index is 2.02. The molecule has 0 N–H and O–H groups in total. The third-order valence-electron chi connectivity index (χ3n) is 4.74. The molecule has 1 saturated heterocycles. The van der Waals surface area contributed by atoms with E-state index in [0.717, 1.165) is 30.8 Å². The summed E-state index contributed by atoms with van der Waals surface area (Å²) in [5.74, 6) is 0.355. The number of hydrogen-bond donors (Lipinski definition) is 0. The summed E-state index contributed by atoms with van der Waals surface area (Å²) in [5.41, 5.74) is 1.70. The number of likely N-dealkylation sites (tertiary alicyclic amines) is 1. The maximum Gasteiger partial charge on any atom is 0.112 e. The van der Waals surface area contributed by atoms with Crippen molar-refractivity contribution in [1.82, 2.24) is 4.90 Å². The van der Waals surface area contributed by atoms with E-state index in [1.54, 1.807) is 0 Å². The molecule has 2 aromatic rings. The Labute approximate surface area is 133 Å². The zero-order valence-electron chi connectivity index (χ0n) is 13.1. The number of hydrogen-bond acceptors (Lipinski definition) is 2. The summed E-state index contributed by atoms with van der Waals surface area (Å²) in [4.78, 5) is 2.45. The van der Waals surface area contributed by atoms with E-state index in [1.807, 2.05) is 36.4 Å². The smallest absolute Gasteiger partial charge is 0.112 e. The second-order valence-corrected chi connectivity index (χ2v) is 6.11. The molecule has 0 spiro atoms. The SMILES string of the molecule is CCCN1CC(C(C#N)(c2ccccc2)c2ccccc2)C1. The molecule has 2 aromatic carbocycles. The molecule has 1 heterocycles. The first-order chi connectivity index (χ1) is 10.8. The van der Waals surface area contributed by atoms with E-state index in [4.69, 9.17) is 0 Å². The van der Waals surface area contributed by atoms with Gasteiger partial charge in [-0.25, -0.2) is 0 Å². The van der Waals surface area contributed by atoms with Crippen LogP contribution in [0.1, 0.15) is 24.5 Å². The van der Waals surface area contributed by atoms with Crippen LogP contribution >= 0.6 is 0 Å². The molecule has 1 aliphatic rings. The van der Waals surface area contributed by atoms with Crippen molar-refractivity contribution in [2.24, 2.45) is 5.92 Å². The van der Waals surface area contributed by atoms with E-state index in [1.165, 1.54) is 6.42 Å². The maximum atomic E-state index is 10.2. The van der Waals surface area contributed by atoms with E-state index in [9.17, 15) is 5.26 Å². The Morgan fingerprint density at radius 2 is 1.50 bits per heavy atom. The number of benzene rings is 2. The molecule has 0 saturated carbocycles. The average molecular weight is 290 g/mol. The van der Waals surface area contributed by atoms with Crippen molar-refractivity contribution in [1.29, 1.82) is 5.26 Å². The monoisotopic (exact) mass is 290 g/mol. The van der Waals surface area contributed by atoms with E-state index in [2.05, 4.69) is 42.2 Å². The first-order valence-corrected chi connectivity index (χ1v) is 8.06. The second kappa shape index (κ2) is 6.34. The van der Waals surface area contributed by atoms with Crippen LogP contribution in [0.4, 0.5) is 0 Å². The van der Waals surface area contributed by atoms with Crippen LogP contribution in [-0.4, -0.2) is 24.5 Å². The van der Waals surface area contributed by atoms with Gasteiger partial charge < -0.3 is 4.90 Å². The topological polar surface area (TPSA) is 27.0 Å². The predicted octanol–water partition coefficient (Wildman–Crippen LogP) is 3.84. The summed E-state index contributed by atoms with van der Waals surface area (Å²) in [5, 5.41) is 10.2. The molecule has 0 bridgehead atoms. The van der Waals surface area contributed by atoms with Gasteiger partial charge in [0.1, 0.15) is 5.41 Å². The molecular weight excluding hydrogens is 268 g/mol. The summed E-state index contributed by atoms with van der Waals surface area (Å²) in [6.07, 6.45) is 1.17. The van der Waals surface area contributed by atoms with E-state index < -0.39 is 5.41 Å². The predicted molar refractivity (Wildman–Crippen MR) is 89.5 cm³/mol. The average Bonchev–Trinajstić information content (AvgIpc) is 2.55. The summed E-state index contributed by atoms with van der Waals surface area (Å²) in [6, 6.07) is 23.2. The van der Waals surface area contributed by atoms with Gasteiger partial charge in [0, 0.05) is 19.0 Å². The molecule has 0 radical (unpaired) electrons. The highest BCUT2D eigenvalue weighted by Crippen LogP contribution is 2.43. The molecule has 112 valence electrons. The molecule has 0 aromatic heterocycles. The minimum absolute atomic E-state index is 0.355. The summed E-state index contributed by atoms with van der Waals surface area (Å²) in [7, 11) is 0. The molecule has 0 atom stereocenters. The van der Waals surface area contributed by atoms with Gasteiger partial charge in [0.15, 0.2) is 0 Å². The largest absolute Gasteiger partial charge is 0.303 e. The van der Waals surface area contributed by atoms with Crippen LogP contribution in [0, 0.1) is 17.2 Å². The fraction of sp³-hybridized carbons (Fsp3) is 0.350. The highest BCUT2D eigenvalue weighted by Gasteiger charge is 2.47. The van der Waals surface area contributed by atoms with Crippen LogP contribution in [0.5, 0.6) is 0 Å². The lowest BCUT2D eigenvalue weighted by Crippen LogP contribution is -2.56. The Hall–Kier alpha value is -2.11. The minimum atomic E-state index is -0.535. The quantitative estimate of drug-likeness (QED) is 0.836. The summed E-state index contributed by atoms with van der Waals surface area (Å²) < 4.78 is 0. The molecule has 1 aliphatic heterocycles. The van der Waals surface area contributed by atoms with E-state index >= 15 is 0 Å². The number of nitrogens with zero attached hydrogens (tertiary/aromatic N) is 2. The van der Waals surface area contributed by atoms with Gasteiger partial charge in [-0.2, -0.15) is 5.26 Å². The van der Waals surface area contributed by atoms with Crippen LogP contribution in [-0.2, 0) is 5.41 Å². The molecule has 3 rings (SSSR count). The van der Waals surface area contributed by atoms with Crippen molar-refractivity contribution in [3.63, 3.8) is 0 Å². The number of rotatable bonds is 5. The summed E-state index contributed by atoms with van der Waals surface area (Å²) in [6.45, 7) is 5.34. The van der Waals surface area contributed by atoms with Crippen LogP contribution in [0.25, 0.3) is 0 Å². The van der Waals surface area contributed by atoms with Gasteiger partial charge in [-0.3, -0.25) is 0 Å². The van der Waals surface area contributed by atoms with Crippen LogP contribution < -0.4 is 0 Å². The van der Waals surface area contributed by atoms with Gasteiger partial charge in [0.25, 0.3) is 0 Å². The van der Waals surface area contributed by atoms with Crippen molar-refractivity contribution < 1.29 is 0 Å². The fourth-order valence-corrected chi connectivity index (χ4v) is 3.60. The van der Waals surface area contributed by atoms with Gasteiger partial charge in [-0.15, -0.1) is 0 Å². The lowest BCUT2D eigenvalue weighted by Gasteiger charge is -2.48. The molecule has 0 unspecified atom stereocenters. The number of nitriles is 1.